The normalized spacial score (nSPS) is 10.1. The fraction of sp³-hybridized carbons (Fsp3) is 0.231. The predicted molar refractivity (Wildman–Crippen MR) is 74.4 cm³/mol. The summed E-state index contributed by atoms with van der Waals surface area (Å²) in [5.41, 5.74) is 0.830. The standard InChI is InChI=1S/C13H13N3O3S/c1-19-12(18)6-10-8-15-13(20-10)16-11(17)5-9-3-2-4-14-7-9/h2-4,7-8H,5-6H2,1H3,(H,15,16,17). The van der Waals surface area contributed by atoms with Crippen molar-refractivity contribution in [1.82, 2.24) is 9.97 Å². The molecule has 1 amide bonds. The summed E-state index contributed by atoms with van der Waals surface area (Å²) in [5.74, 6) is -0.501. The molecular weight excluding hydrogens is 278 g/mol. The van der Waals surface area contributed by atoms with Crippen LogP contribution in [-0.4, -0.2) is 29.0 Å². The molecule has 0 saturated heterocycles. The maximum absolute atomic E-state index is 11.8. The smallest absolute Gasteiger partial charge is 0.310 e. The molecule has 0 aliphatic carbocycles. The van der Waals surface area contributed by atoms with Crippen LogP contribution < -0.4 is 5.32 Å². The van der Waals surface area contributed by atoms with Crippen molar-refractivity contribution in [3.05, 3.63) is 41.2 Å². The van der Waals surface area contributed by atoms with E-state index in [-0.39, 0.29) is 24.7 Å². The van der Waals surface area contributed by atoms with E-state index in [9.17, 15) is 9.59 Å². The lowest BCUT2D eigenvalue weighted by Crippen LogP contribution is -2.14. The Balaban J connectivity index is 1.90. The van der Waals surface area contributed by atoms with Crippen LogP contribution in [0.3, 0.4) is 0 Å². The summed E-state index contributed by atoms with van der Waals surface area (Å²) < 4.78 is 4.57. The van der Waals surface area contributed by atoms with Crippen molar-refractivity contribution in [3.63, 3.8) is 0 Å². The number of nitrogens with one attached hydrogen (secondary N) is 1. The minimum absolute atomic E-state index is 0.159. The molecule has 2 heterocycles. The van der Waals surface area contributed by atoms with E-state index in [4.69, 9.17) is 0 Å². The number of carbonyl (C=O) groups excluding carboxylic acids is 2. The van der Waals surface area contributed by atoms with E-state index in [1.165, 1.54) is 18.4 Å². The molecule has 6 nitrogen and oxygen atoms in total. The molecule has 0 aromatic carbocycles. The van der Waals surface area contributed by atoms with Gasteiger partial charge in [-0.1, -0.05) is 6.07 Å². The van der Waals surface area contributed by atoms with E-state index in [0.29, 0.717) is 5.13 Å². The first-order valence-corrected chi connectivity index (χ1v) is 6.69. The summed E-state index contributed by atoms with van der Waals surface area (Å²) >= 11 is 1.26. The molecule has 2 rings (SSSR count). The summed E-state index contributed by atoms with van der Waals surface area (Å²) in [6, 6.07) is 3.61. The van der Waals surface area contributed by atoms with Gasteiger partial charge in [-0.05, 0) is 11.6 Å². The van der Waals surface area contributed by atoms with Crippen LogP contribution in [-0.2, 0) is 27.2 Å². The van der Waals surface area contributed by atoms with Gasteiger partial charge in [0.1, 0.15) is 0 Å². The predicted octanol–water partition coefficient (Wildman–Crippen LogP) is 1.43. The highest BCUT2D eigenvalue weighted by Gasteiger charge is 2.10. The second kappa shape index (κ2) is 6.76. The van der Waals surface area contributed by atoms with Crippen LogP contribution >= 0.6 is 11.3 Å². The Morgan fingerprint density at radius 3 is 2.90 bits per heavy atom. The third kappa shape index (κ3) is 4.13. The minimum Gasteiger partial charge on any atom is -0.469 e. The molecule has 2 aromatic heterocycles. The zero-order valence-corrected chi connectivity index (χ0v) is 11.6. The lowest BCUT2D eigenvalue weighted by molar-refractivity contribution is -0.139. The molecule has 2 aromatic rings. The molecule has 20 heavy (non-hydrogen) atoms. The zero-order valence-electron chi connectivity index (χ0n) is 10.8. The molecule has 0 atom stereocenters. The first kappa shape index (κ1) is 14.1. The fourth-order valence-corrected chi connectivity index (χ4v) is 2.33. The second-order valence-electron chi connectivity index (χ2n) is 3.97. The number of pyridine rings is 1. The number of hydrogen-bond acceptors (Lipinski definition) is 6. The van der Waals surface area contributed by atoms with Crippen molar-refractivity contribution >= 4 is 28.3 Å². The minimum atomic E-state index is -0.332. The number of anilines is 1. The molecule has 0 bridgehead atoms. The number of rotatable bonds is 5. The quantitative estimate of drug-likeness (QED) is 0.843. The molecule has 0 aliphatic heterocycles. The lowest BCUT2D eigenvalue weighted by atomic mass is 10.2. The van der Waals surface area contributed by atoms with Gasteiger partial charge < -0.3 is 10.1 Å². The summed E-state index contributed by atoms with van der Waals surface area (Å²) in [6.45, 7) is 0. The highest BCUT2D eigenvalue weighted by atomic mass is 32.1. The van der Waals surface area contributed by atoms with Crippen LogP contribution in [0.25, 0.3) is 0 Å². The van der Waals surface area contributed by atoms with Crippen LogP contribution in [0, 0.1) is 0 Å². The van der Waals surface area contributed by atoms with Crippen LogP contribution in [0.1, 0.15) is 10.4 Å². The van der Waals surface area contributed by atoms with Crippen molar-refractivity contribution < 1.29 is 14.3 Å². The van der Waals surface area contributed by atoms with E-state index >= 15 is 0 Å². The molecule has 0 unspecified atom stereocenters. The molecule has 0 fully saturated rings. The number of ether oxygens (including phenoxy) is 1. The Hall–Kier alpha value is -2.28. The number of carbonyl (C=O) groups is 2. The second-order valence-corrected chi connectivity index (χ2v) is 5.09. The largest absolute Gasteiger partial charge is 0.469 e. The van der Waals surface area contributed by atoms with E-state index in [1.807, 2.05) is 6.07 Å². The Morgan fingerprint density at radius 2 is 2.20 bits per heavy atom. The Morgan fingerprint density at radius 1 is 1.35 bits per heavy atom. The van der Waals surface area contributed by atoms with Crippen molar-refractivity contribution in [1.29, 1.82) is 0 Å². The number of nitrogens with zero attached hydrogens (tertiary/aromatic N) is 2. The van der Waals surface area contributed by atoms with Gasteiger partial charge in [0.25, 0.3) is 0 Å². The molecular formula is C13H13N3O3S. The molecule has 0 radical (unpaired) electrons. The highest BCUT2D eigenvalue weighted by Crippen LogP contribution is 2.19. The number of thiazole rings is 1. The van der Waals surface area contributed by atoms with Gasteiger partial charge >= 0.3 is 5.97 Å². The summed E-state index contributed by atoms with van der Waals surface area (Å²) in [5, 5.41) is 3.16. The average molecular weight is 291 g/mol. The number of esters is 1. The topological polar surface area (TPSA) is 81.2 Å². The van der Waals surface area contributed by atoms with Gasteiger partial charge in [0.2, 0.25) is 5.91 Å². The SMILES string of the molecule is COC(=O)Cc1cnc(NC(=O)Cc2cccnc2)s1. The van der Waals surface area contributed by atoms with E-state index in [2.05, 4.69) is 20.0 Å². The first-order valence-electron chi connectivity index (χ1n) is 5.87. The van der Waals surface area contributed by atoms with Crippen LogP contribution in [0.4, 0.5) is 5.13 Å². The number of amides is 1. The maximum Gasteiger partial charge on any atom is 0.310 e. The Bertz CT molecular complexity index is 598. The van der Waals surface area contributed by atoms with Gasteiger partial charge in [0.15, 0.2) is 5.13 Å². The van der Waals surface area contributed by atoms with Crippen molar-refractivity contribution in [2.24, 2.45) is 0 Å². The monoisotopic (exact) mass is 291 g/mol. The lowest BCUT2D eigenvalue weighted by Gasteiger charge is -2.01. The number of aromatic nitrogens is 2. The van der Waals surface area contributed by atoms with Gasteiger partial charge in [-0.15, -0.1) is 11.3 Å². The van der Waals surface area contributed by atoms with Gasteiger partial charge in [0.05, 0.1) is 20.0 Å². The third-order valence-electron chi connectivity index (χ3n) is 2.43. The van der Waals surface area contributed by atoms with Crippen molar-refractivity contribution in [2.75, 3.05) is 12.4 Å². The van der Waals surface area contributed by atoms with Gasteiger partial charge in [0, 0.05) is 23.5 Å². The zero-order chi connectivity index (χ0) is 14.4. The van der Waals surface area contributed by atoms with Crippen LogP contribution in [0.2, 0.25) is 0 Å². The maximum atomic E-state index is 11.8. The van der Waals surface area contributed by atoms with Gasteiger partial charge in [-0.25, -0.2) is 4.98 Å². The van der Waals surface area contributed by atoms with E-state index < -0.39 is 0 Å². The number of hydrogen-bond donors (Lipinski definition) is 1. The third-order valence-corrected chi connectivity index (χ3v) is 3.35. The Labute approximate surface area is 119 Å². The first-order chi connectivity index (χ1) is 9.67. The van der Waals surface area contributed by atoms with Crippen molar-refractivity contribution in [3.8, 4) is 0 Å². The van der Waals surface area contributed by atoms with E-state index in [0.717, 1.165) is 10.4 Å². The molecule has 1 N–H and O–H groups in total. The van der Waals surface area contributed by atoms with Gasteiger partial charge in [-0.3, -0.25) is 14.6 Å². The summed E-state index contributed by atoms with van der Waals surface area (Å²) in [6.07, 6.45) is 5.25. The summed E-state index contributed by atoms with van der Waals surface area (Å²) in [7, 11) is 1.33. The molecule has 0 saturated carbocycles. The fourth-order valence-electron chi connectivity index (χ4n) is 1.51. The van der Waals surface area contributed by atoms with E-state index in [1.54, 1.807) is 24.7 Å². The van der Waals surface area contributed by atoms with Crippen LogP contribution in [0.15, 0.2) is 30.7 Å². The molecule has 0 aliphatic rings. The molecule has 0 spiro atoms. The number of methoxy groups -OCH3 is 1. The Kier molecular flexibility index (Phi) is 4.78. The summed E-state index contributed by atoms with van der Waals surface area (Å²) in [4.78, 5) is 31.7. The van der Waals surface area contributed by atoms with Gasteiger partial charge in [-0.2, -0.15) is 0 Å². The highest BCUT2D eigenvalue weighted by molar-refractivity contribution is 7.15. The van der Waals surface area contributed by atoms with Crippen molar-refractivity contribution in [2.45, 2.75) is 12.8 Å². The van der Waals surface area contributed by atoms with Crippen LogP contribution in [0.5, 0.6) is 0 Å². The average Bonchev–Trinajstić information content (AvgIpc) is 2.86. The molecule has 104 valence electrons. The molecule has 7 heteroatoms.